The van der Waals surface area contributed by atoms with Gasteiger partial charge in [0.1, 0.15) is 5.69 Å². The van der Waals surface area contributed by atoms with Gasteiger partial charge in [-0.1, -0.05) is 30.3 Å². The molecule has 3 aromatic rings. The van der Waals surface area contributed by atoms with E-state index in [9.17, 15) is 9.59 Å². The number of benzene rings is 2. The summed E-state index contributed by atoms with van der Waals surface area (Å²) in [5.41, 5.74) is 2.68. The number of rotatable bonds is 7. The minimum Gasteiger partial charge on any atom is -0.369 e. The SMILES string of the molecule is CCN(c1ccc(NC(=O)c2ccc(=O)n(Cc3ccccc3)n2)cc1)C(C)C. The van der Waals surface area contributed by atoms with Crippen LogP contribution in [0.25, 0.3) is 0 Å². The van der Waals surface area contributed by atoms with Gasteiger partial charge in [-0.25, -0.2) is 4.68 Å². The van der Waals surface area contributed by atoms with E-state index in [2.05, 4.69) is 36.1 Å². The summed E-state index contributed by atoms with van der Waals surface area (Å²) in [5.74, 6) is -0.351. The van der Waals surface area contributed by atoms with Gasteiger partial charge in [0.2, 0.25) is 0 Å². The van der Waals surface area contributed by atoms with Crippen LogP contribution >= 0.6 is 0 Å². The Morgan fingerprint density at radius 1 is 1.03 bits per heavy atom. The Morgan fingerprint density at radius 3 is 2.34 bits per heavy atom. The van der Waals surface area contributed by atoms with Gasteiger partial charge in [0.25, 0.3) is 11.5 Å². The summed E-state index contributed by atoms with van der Waals surface area (Å²) in [7, 11) is 0. The standard InChI is InChI=1S/C23H26N4O2/c1-4-26(17(2)3)20-12-10-19(11-13-20)24-23(29)21-14-15-22(28)27(25-21)16-18-8-6-5-7-9-18/h5-15,17H,4,16H2,1-3H3,(H,24,29). The van der Waals surface area contributed by atoms with E-state index < -0.39 is 0 Å². The van der Waals surface area contributed by atoms with Gasteiger partial charge < -0.3 is 10.2 Å². The maximum Gasteiger partial charge on any atom is 0.276 e. The molecular formula is C23H26N4O2. The molecule has 1 amide bonds. The quantitative estimate of drug-likeness (QED) is 0.667. The Bertz CT molecular complexity index is 1010. The maximum absolute atomic E-state index is 12.6. The van der Waals surface area contributed by atoms with Crippen molar-refractivity contribution in [3.8, 4) is 0 Å². The maximum atomic E-state index is 12.6. The highest BCUT2D eigenvalue weighted by molar-refractivity contribution is 6.02. The Balaban J connectivity index is 1.74. The fraction of sp³-hybridized carbons (Fsp3) is 0.261. The molecule has 0 fully saturated rings. The number of nitrogens with one attached hydrogen (secondary N) is 1. The van der Waals surface area contributed by atoms with Crippen LogP contribution in [0.2, 0.25) is 0 Å². The van der Waals surface area contributed by atoms with Crippen molar-refractivity contribution in [2.24, 2.45) is 0 Å². The molecule has 0 spiro atoms. The zero-order valence-electron chi connectivity index (χ0n) is 17.0. The lowest BCUT2D eigenvalue weighted by Gasteiger charge is -2.27. The number of carbonyl (C=O) groups is 1. The molecule has 1 N–H and O–H groups in total. The zero-order chi connectivity index (χ0) is 20.8. The van der Waals surface area contributed by atoms with Gasteiger partial charge in [-0.15, -0.1) is 0 Å². The first-order valence-electron chi connectivity index (χ1n) is 9.78. The lowest BCUT2D eigenvalue weighted by Crippen LogP contribution is -2.30. The molecule has 6 heteroatoms. The third-order valence-corrected chi connectivity index (χ3v) is 4.70. The van der Waals surface area contributed by atoms with Crippen molar-refractivity contribution in [1.29, 1.82) is 0 Å². The molecule has 0 aliphatic heterocycles. The molecule has 0 atom stereocenters. The Hall–Kier alpha value is -3.41. The second-order valence-electron chi connectivity index (χ2n) is 7.08. The number of nitrogens with zero attached hydrogens (tertiary/aromatic N) is 3. The van der Waals surface area contributed by atoms with Gasteiger partial charge in [-0.2, -0.15) is 5.10 Å². The van der Waals surface area contributed by atoms with Crippen molar-refractivity contribution in [2.45, 2.75) is 33.4 Å². The van der Waals surface area contributed by atoms with Crippen molar-refractivity contribution in [3.63, 3.8) is 0 Å². The number of amides is 1. The third-order valence-electron chi connectivity index (χ3n) is 4.70. The molecule has 0 saturated heterocycles. The summed E-state index contributed by atoms with van der Waals surface area (Å²) in [6.07, 6.45) is 0. The van der Waals surface area contributed by atoms with E-state index in [-0.39, 0.29) is 17.2 Å². The molecule has 0 unspecified atom stereocenters. The smallest absolute Gasteiger partial charge is 0.276 e. The van der Waals surface area contributed by atoms with Gasteiger partial charge >= 0.3 is 0 Å². The topological polar surface area (TPSA) is 67.2 Å². The fourth-order valence-corrected chi connectivity index (χ4v) is 3.22. The molecule has 0 radical (unpaired) electrons. The molecule has 150 valence electrons. The molecule has 1 aromatic heterocycles. The lowest BCUT2D eigenvalue weighted by molar-refractivity contribution is 0.102. The summed E-state index contributed by atoms with van der Waals surface area (Å²) in [5, 5.41) is 7.08. The highest BCUT2D eigenvalue weighted by Crippen LogP contribution is 2.20. The number of hydrogen-bond donors (Lipinski definition) is 1. The monoisotopic (exact) mass is 390 g/mol. The second-order valence-corrected chi connectivity index (χ2v) is 7.08. The minimum absolute atomic E-state index is 0.196. The molecule has 0 saturated carbocycles. The van der Waals surface area contributed by atoms with Gasteiger partial charge in [-0.05, 0) is 56.7 Å². The van der Waals surface area contributed by atoms with Crippen molar-refractivity contribution < 1.29 is 4.79 Å². The van der Waals surface area contributed by atoms with Crippen LogP contribution in [0.15, 0.2) is 71.5 Å². The Kier molecular flexibility index (Phi) is 6.44. The molecule has 3 rings (SSSR count). The van der Waals surface area contributed by atoms with Crippen LogP contribution in [0.3, 0.4) is 0 Å². The van der Waals surface area contributed by atoms with E-state index in [0.29, 0.717) is 18.3 Å². The first kappa shape index (κ1) is 20.3. The summed E-state index contributed by atoms with van der Waals surface area (Å²) in [4.78, 5) is 27.0. The molecule has 6 nitrogen and oxygen atoms in total. The first-order chi connectivity index (χ1) is 14.0. The van der Waals surface area contributed by atoms with Crippen LogP contribution in [-0.2, 0) is 6.54 Å². The summed E-state index contributed by atoms with van der Waals surface area (Å²) in [6.45, 7) is 7.64. The fourth-order valence-electron chi connectivity index (χ4n) is 3.22. The van der Waals surface area contributed by atoms with Crippen molar-refractivity contribution in [1.82, 2.24) is 9.78 Å². The van der Waals surface area contributed by atoms with E-state index in [1.54, 1.807) is 0 Å². The molecule has 0 aliphatic carbocycles. The first-order valence-corrected chi connectivity index (χ1v) is 9.78. The Morgan fingerprint density at radius 2 is 1.72 bits per heavy atom. The normalized spacial score (nSPS) is 10.8. The average molecular weight is 390 g/mol. The number of hydrogen-bond acceptors (Lipinski definition) is 4. The molecule has 0 bridgehead atoms. The number of anilines is 2. The minimum atomic E-state index is -0.351. The molecule has 2 aromatic carbocycles. The molecule has 1 heterocycles. The van der Waals surface area contributed by atoms with E-state index in [0.717, 1.165) is 17.8 Å². The van der Waals surface area contributed by atoms with Crippen LogP contribution in [0.1, 0.15) is 36.8 Å². The second kappa shape index (κ2) is 9.19. The summed E-state index contributed by atoms with van der Waals surface area (Å²) < 4.78 is 1.30. The van der Waals surface area contributed by atoms with E-state index >= 15 is 0 Å². The Labute approximate surface area is 170 Å². The highest BCUT2D eigenvalue weighted by atomic mass is 16.2. The van der Waals surface area contributed by atoms with Crippen LogP contribution in [0, 0.1) is 0 Å². The predicted molar refractivity (Wildman–Crippen MR) is 117 cm³/mol. The largest absolute Gasteiger partial charge is 0.369 e. The average Bonchev–Trinajstić information content (AvgIpc) is 2.72. The summed E-state index contributed by atoms with van der Waals surface area (Å²) in [6, 6.07) is 20.5. The molecular weight excluding hydrogens is 364 g/mol. The van der Waals surface area contributed by atoms with Crippen LogP contribution in [0.4, 0.5) is 11.4 Å². The van der Waals surface area contributed by atoms with Gasteiger partial charge in [0, 0.05) is 30.0 Å². The van der Waals surface area contributed by atoms with Crippen molar-refractivity contribution in [3.05, 3.63) is 88.3 Å². The van der Waals surface area contributed by atoms with E-state index in [1.807, 2.05) is 54.6 Å². The molecule has 0 aliphatic rings. The zero-order valence-corrected chi connectivity index (χ0v) is 17.0. The highest BCUT2D eigenvalue weighted by Gasteiger charge is 2.12. The number of carbonyl (C=O) groups excluding carboxylic acids is 1. The molecule has 29 heavy (non-hydrogen) atoms. The van der Waals surface area contributed by atoms with Gasteiger partial charge in [0.05, 0.1) is 6.54 Å². The third kappa shape index (κ3) is 5.10. The van der Waals surface area contributed by atoms with E-state index in [4.69, 9.17) is 0 Å². The number of aromatic nitrogens is 2. The van der Waals surface area contributed by atoms with Gasteiger partial charge in [0.15, 0.2) is 0 Å². The van der Waals surface area contributed by atoms with Crippen LogP contribution in [0.5, 0.6) is 0 Å². The van der Waals surface area contributed by atoms with Crippen molar-refractivity contribution >= 4 is 17.3 Å². The predicted octanol–water partition coefficient (Wildman–Crippen LogP) is 3.78. The van der Waals surface area contributed by atoms with Crippen LogP contribution < -0.4 is 15.8 Å². The van der Waals surface area contributed by atoms with Crippen LogP contribution in [-0.4, -0.2) is 28.3 Å². The lowest BCUT2D eigenvalue weighted by atomic mass is 10.2. The van der Waals surface area contributed by atoms with E-state index in [1.165, 1.54) is 16.8 Å². The van der Waals surface area contributed by atoms with Gasteiger partial charge in [-0.3, -0.25) is 9.59 Å². The van der Waals surface area contributed by atoms with Crippen molar-refractivity contribution in [2.75, 3.05) is 16.8 Å². The summed E-state index contributed by atoms with van der Waals surface area (Å²) >= 11 is 0.